The second-order valence-corrected chi connectivity index (χ2v) is 6.81. The number of nitrogens with zero attached hydrogens (tertiary/aromatic N) is 2. The molecule has 118 valence electrons. The van der Waals surface area contributed by atoms with Gasteiger partial charge in [-0.3, -0.25) is 0 Å². The van der Waals surface area contributed by atoms with Gasteiger partial charge in [0.05, 0.1) is 25.5 Å². The molecule has 8 heteroatoms. The van der Waals surface area contributed by atoms with E-state index >= 15 is 0 Å². The molecule has 2 rings (SSSR count). The molecule has 23 heavy (non-hydrogen) atoms. The highest BCUT2D eigenvalue weighted by Crippen LogP contribution is 2.17. The Morgan fingerprint density at radius 1 is 1.22 bits per heavy atom. The molecule has 0 saturated heterocycles. The van der Waals surface area contributed by atoms with Crippen molar-refractivity contribution in [3.63, 3.8) is 0 Å². The van der Waals surface area contributed by atoms with Gasteiger partial charge in [-0.15, -0.1) is 0 Å². The van der Waals surface area contributed by atoms with Crippen LogP contribution in [0, 0.1) is 0 Å². The second-order valence-electron chi connectivity index (χ2n) is 4.91. The number of esters is 1. The van der Waals surface area contributed by atoms with Crippen molar-refractivity contribution in [2.24, 2.45) is 0 Å². The Labute approximate surface area is 136 Å². The molecule has 0 aliphatic carbocycles. The topological polar surface area (TPSA) is 76.6 Å². The van der Waals surface area contributed by atoms with Crippen LogP contribution in [0.5, 0.6) is 0 Å². The fourth-order valence-electron chi connectivity index (χ4n) is 1.94. The minimum absolute atomic E-state index is 0.0944. The number of hydrogen-bond acceptors (Lipinski definition) is 5. The van der Waals surface area contributed by atoms with Crippen molar-refractivity contribution >= 4 is 35.1 Å². The summed E-state index contributed by atoms with van der Waals surface area (Å²) in [6, 6.07) is 9.62. The zero-order valence-corrected chi connectivity index (χ0v) is 13.6. The largest absolute Gasteiger partial charge is 0.465 e. The monoisotopic (exact) mass is 330 g/mol. The highest BCUT2D eigenvalue weighted by Gasteiger charge is 2.19. The molecule has 1 aromatic heterocycles. The summed E-state index contributed by atoms with van der Waals surface area (Å²) >= 11 is 0. The Morgan fingerprint density at radius 3 is 2.35 bits per heavy atom. The second kappa shape index (κ2) is 6.83. The van der Waals surface area contributed by atoms with Gasteiger partial charge in [-0.1, -0.05) is 23.7 Å². The first kappa shape index (κ1) is 17.0. The third-order valence-corrected chi connectivity index (χ3v) is 4.24. The van der Waals surface area contributed by atoms with Crippen LogP contribution in [-0.4, -0.2) is 40.6 Å². The van der Waals surface area contributed by atoms with Gasteiger partial charge in [0.25, 0.3) is 0 Å². The van der Waals surface area contributed by atoms with Crippen molar-refractivity contribution in [3.05, 3.63) is 53.7 Å². The number of sulfonamides is 1. The smallest absolute Gasteiger partial charge is 0.337 e. The van der Waals surface area contributed by atoms with Gasteiger partial charge in [0.1, 0.15) is 13.7 Å². The first-order valence-electron chi connectivity index (χ1n) is 6.68. The lowest BCUT2D eigenvalue weighted by molar-refractivity contribution is 0.0600. The maximum absolute atomic E-state index is 12.0. The van der Waals surface area contributed by atoms with Gasteiger partial charge in [-0.25, -0.2) is 22.5 Å². The molecule has 6 nitrogen and oxygen atoms in total. The summed E-state index contributed by atoms with van der Waals surface area (Å²) in [6.07, 6.45) is 2.50. The number of methoxy groups -OCH3 is 1. The van der Waals surface area contributed by atoms with E-state index in [9.17, 15) is 13.2 Å². The van der Waals surface area contributed by atoms with Crippen LogP contribution in [0.2, 0.25) is 0 Å². The van der Waals surface area contributed by atoms with E-state index in [1.165, 1.54) is 17.6 Å². The molecule has 0 amide bonds. The fraction of sp³-hybridized carbons (Fsp3) is 0.200. The molecule has 2 radical (unpaired) electrons. The van der Waals surface area contributed by atoms with Crippen LogP contribution < -0.4 is 9.77 Å². The van der Waals surface area contributed by atoms with E-state index < -0.39 is 16.0 Å². The number of anilines is 1. The summed E-state index contributed by atoms with van der Waals surface area (Å²) in [5, 5.41) is 0. The van der Waals surface area contributed by atoms with E-state index in [-0.39, 0.29) is 12.4 Å². The number of pyridine rings is 1. The van der Waals surface area contributed by atoms with E-state index in [2.05, 4.69) is 9.72 Å². The number of hydrogen-bond donors (Lipinski definition) is 0. The lowest BCUT2D eigenvalue weighted by Gasteiger charge is -2.21. The molecule has 0 bridgehead atoms. The highest BCUT2D eigenvalue weighted by atomic mass is 32.2. The lowest BCUT2D eigenvalue weighted by atomic mass is 9.99. The van der Waals surface area contributed by atoms with Crippen LogP contribution in [0.1, 0.15) is 15.9 Å². The van der Waals surface area contributed by atoms with Gasteiger partial charge < -0.3 is 4.74 Å². The van der Waals surface area contributed by atoms with Crippen molar-refractivity contribution in [2.45, 2.75) is 6.54 Å². The van der Waals surface area contributed by atoms with Crippen LogP contribution in [0.3, 0.4) is 0 Å². The zero-order valence-electron chi connectivity index (χ0n) is 12.8. The maximum Gasteiger partial charge on any atom is 0.337 e. The van der Waals surface area contributed by atoms with Gasteiger partial charge in [0, 0.05) is 6.20 Å². The summed E-state index contributed by atoms with van der Waals surface area (Å²) in [5.74, 6) is -0.171. The predicted molar refractivity (Wildman–Crippen MR) is 88.4 cm³/mol. The molecule has 2 aromatic rings. The minimum atomic E-state index is -3.52. The summed E-state index contributed by atoms with van der Waals surface area (Å²) in [4.78, 5) is 15.5. The molecular weight excluding hydrogens is 315 g/mol. The third kappa shape index (κ3) is 4.32. The Balaban J connectivity index is 2.28. The number of aromatic nitrogens is 1. The van der Waals surface area contributed by atoms with Gasteiger partial charge in [0.15, 0.2) is 0 Å². The molecule has 1 heterocycles. The van der Waals surface area contributed by atoms with E-state index in [4.69, 9.17) is 7.85 Å². The molecule has 0 atom stereocenters. The predicted octanol–water partition coefficient (Wildman–Crippen LogP) is 0.628. The van der Waals surface area contributed by atoms with Crippen molar-refractivity contribution in [2.75, 3.05) is 17.7 Å². The first-order chi connectivity index (χ1) is 10.8. The number of carbonyl (C=O) groups is 1. The quantitative estimate of drug-likeness (QED) is 0.594. The molecule has 0 aliphatic heterocycles. The van der Waals surface area contributed by atoms with Gasteiger partial charge in [-0.2, -0.15) is 0 Å². The average Bonchev–Trinajstić information content (AvgIpc) is 2.52. The van der Waals surface area contributed by atoms with Crippen molar-refractivity contribution in [1.82, 2.24) is 4.98 Å². The Bertz CT molecular complexity index is 789. The molecule has 0 N–H and O–H groups in total. The number of carbonyl (C=O) groups excluding carboxylic acids is 1. The first-order valence-corrected chi connectivity index (χ1v) is 8.52. The third-order valence-electron chi connectivity index (χ3n) is 3.13. The number of benzene rings is 1. The molecule has 0 fully saturated rings. The van der Waals surface area contributed by atoms with Crippen LogP contribution >= 0.6 is 0 Å². The Kier molecular flexibility index (Phi) is 5.05. The van der Waals surface area contributed by atoms with E-state index in [0.29, 0.717) is 16.6 Å². The van der Waals surface area contributed by atoms with Crippen LogP contribution in [-0.2, 0) is 21.3 Å². The summed E-state index contributed by atoms with van der Waals surface area (Å²) in [7, 11) is 3.35. The SMILES string of the molecule is [B]c1ccc(N(Cc2ccc(C(=O)OC)cc2)S(C)(=O)=O)nc1. The van der Waals surface area contributed by atoms with Gasteiger partial charge in [-0.05, 0) is 23.8 Å². The standard InChI is InChI=1S/C15H15BN2O4S/c1-22-15(19)12-5-3-11(4-6-12)10-18(23(2,20)21)14-8-7-13(16)9-17-14/h3-9H,10H2,1-2H3. The molecule has 0 spiro atoms. The highest BCUT2D eigenvalue weighted by molar-refractivity contribution is 7.92. The summed E-state index contributed by atoms with van der Waals surface area (Å²) < 4.78 is 29.8. The van der Waals surface area contributed by atoms with Crippen molar-refractivity contribution < 1.29 is 17.9 Å². The van der Waals surface area contributed by atoms with Crippen LogP contribution in [0.15, 0.2) is 42.6 Å². The van der Waals surface area contributed by atoms with Crippen LogP contribution in [0.4, 0.5) is 5.82 Å². The van der Waals surface area contributed by atoms with Gasteiger partial charge in [0.2, 0.25) is 10.0 Å². The summed E-state index contributed by atoms with van der Waals surface area (Å²) in [6.45, 7) is 0.0944. The molecule has 0 aliphatic rings. The molecular formula is C15H15BN2O4S. The fourth-order valence-corrected chi connectivity index (χ4v) is 2.77. The summed E-state index contributed by atoms with van der Waals surface area (Å²) in [5.41, 5.74) is 1.55. The van der Waals surface area contributed by atoms with Crippen molar-refractivity contribution in [1.29, 1.82) is 0 Å². The molecule has 0 saturated carbocycles. The van der Waals surface area contributed by atoms with E-state index in [1.54, 1.807) is 36.4 Å². The Hall–Kier alpha value is -2.35. The zero-order chi connectivity index (χ0) is 17.0. The van der Waals surface area contributed by atoms with E-state index in [1.807, 2.05) is 0 Å². The molecule has 0 unspecified atom stereocenters. The Morgan fingerprint density at radius 2 is 1.87 bits per heavy atom. The average molecular weight is 330 g/mol. The normalized spacial score (nSPS) is 11.0. The van der Waals surface area contributed by atoms with E-state index in [0.717, 1.165) is 6.26 Å². The minimum Gasteiger partial charge on any atom is -0.465 e. The number of ether oxygens (including phenoxy) is 1. The lowest BCUT2D eigenvalue weighted by Crippen LogP contribution is -2.30. The van der Waals surface area contributed by atoms with Crippen LogP contribution in [0.25, 0.3) is 0 Å². The van der Waals surface area contributed by atoms with Crippen molar-refractivity contribution in [3.8, 4) is 0 Å². The maximum atomic E-state index is 12.0. The van der Waals surface area contributed by atoms with Gasteiger partial charge >= 0.3 is 5.97 Å². The number of rotatable bonds is 5. The molecule has 1 aromatic carbocycles.